The number of carboxylic acids is 4. The van der Waals surface area contributed by atoms with Crippen LogP contribution in [0.1, 0.15) is 5.56 Å². The molecule has 176 valence electrons. The van der Waals surface area contributed by atoms with Crippen LogP contribution in [-0.4, -0.2) is 104 Å². The summed E-state index contributed by atoms with van der Waals surface area (Å²) in [6.45, 7) is -2.70. The molecule has 0 bridgehead atoms. The predicted molar refractivity (Wildman–Crippen MR) is 115 cm³/mol. The van der Waals surface area contributed by atoms with Gasteiger partial charge < -0.3 is 25.7 Å². The summed E-state index contributed by atoms with van der Waals surface area (Å²) in [6, 6.07) is 5.70. The van der Waals surface area contributed by atoms with Crippen LogP contribution in [0.25, 0.3) is 0 Å². The van der Waals surface area contributed by atoms with E-state index in [0.29, 0.717) is 11.3 Å². The minimum absolute atomic E-state index is 0.110. The molecule has 12 nitrogen and oxygen atoms in total. The molecule has 32 heavy (non-hydrogen) atoms. The number of nitrogens with one attached hydrogen (secondary N) is 1. The fraction of sp³-hybridized carbons (Fsp3) is 0.421. The Kier molecular flexibility index (Phi) is 11.3. The molecule has 1 aromatic carbocycles. The Morgan fingerprint density at radius 2 is 1.28 bits per heavy atom. The molecular weight excluding hydrogens is 494 g/mol. The largest absolute Gasteiger partial charge is 0.480 e. The maximum absolute atomic E-state index is 11.5. The van der Waals surface area contributed by atoms with Crippen molar-refractivity contribution in [3.8, 4) is 0 Å². The first-order chi connectivity index (χ1) is 15.0. The van der Waals surface area contributed by atoms with E-state index in [9.17, 15) is 34.2 Å². The fourth-order valence-corrected chi connectivity index (χ4v) is 3.17. The van der Waals surface area contributed by atoms with Gasteiger partial charge in [-0.3, -0.25) is 33.8 Å². The summed E-state index contributed by atoms with van der Waals surface area (Å²) >= 11 is 3.03. The SMILES string of the molecule is O=C(O)CN(CC(=O)O)CC(Cc1ccc(NC(=O)CBr)cc1)N(CC(=O)O)CC(=O)O. The van der Waals surface area contributed by atoms with E-state index in [0.717, 1.165) is 9.80 Å². The number of nitrogens with zero attached hydrogens (tertiary/aromatic N) is 2. The van der Waals surface area contributed by atoms with Gasteiger partial charge >= 0.3 is 23.9 Å². The van der Waals surface area contributed by atoms with Gasteiger partial charge in [0, 0.05) is 18.3 Å². The zero-order chi connectivity index (χ0) is 24.3. The Balaban J connectivity index is 3.16. The molecule has 1 amide bonds. The van der Waals surface area contributed by atoms with Crippen molar-refractivity contribution >= 4 is 51.4 Å². The molecule has 0 aromatic heterocycles. The molecule has 13 heteroatoms. The number of aliphatic carboxylic acids is 4. The molecule has 0 heterocycles. The quantitative estimate of drug-likeness (QED) is 0.195. The maximum atomic E-state index is 11.5. The molecule has 5 N–H and O–H groups in total. The van der Waals surface area contributed by atoms with Crippen LogP contribution in [0.4, 0.5) is 5.69 Å². The van der Waals surface area contributed by atoms with Crippen LogP contribution in [0.3, 0.4) is 0 Å². The average molecular weight is 518 g/mol. The third-order valence-corrected chi connectivity index (χ3v) is 4.72. The van der Waals surface area contributed by atoms with Crippen molar-refractivity contribution < 1.29 is 44.4 Å². The summed E-state index contributed by atoms with van der Waals surface area (Å²) in [5.74, 6) is -5.39. The van der Waals surface area contributed by atoms with Gasteiger partial charge in [0.2, 0.25) is 5.91 Å². The third-order valence-electron chi connectivity index (χ3n) is 4.21. The Morgan fingerprint density at radius 3 is 1.69 bits per heavy atom. The van der Waals surface area contributed by atoms with Crippen LogP contribution in [0.15, 0.2) is 24.3 Å². The first-order valence-electron chi connectivity index (χ1n) is 9.28. The van der Waals surface area contributed by atoms with Gasteiger partial charge in [0.15, 0.2) is 0 Å². The van der Waals surface area contributed by atoms with Crippen molar-refractivity contribution in [3.05, 3.63) is 29.8 Å². The fourth-order valence-electron chi connectivity index (χ4n) is 3.03. The van der Waals surface area contributed by atoms with Crippen molar-refractivity contribution in [3.63, 3.8) is 0 Å². The number of carboxylic acid groups (broad SMARTS) is 4. The number of benzene rings is 1. The second-order valence-corrected chi connectivity index (χ2v) is 7.45. The summed E-state index contributed by atoms with van der Waals surface area (Å²) in [5.41, 5.74) is 1.17. The molecule has 0 saturated carbocycles. The van der Waals surface area contributed by atoms with E-state index in [-0.39, 0.29) is 24.2 Å². The minimum atomic E-state index is -1.29. The third kappa shape index (κ3) is 10.8. The summed E-state index contributed by atoms with van der Waals surface area (Å²) in [7, 11) is 0. The van der Waals surface area contributed by atoms with Gasteiger partial charge in [-0.1, -0.05) is 28.1 Å². The van der Waals surface area contributed by atoms with Crippen LogP contribution >= 0.6 is 15.9 Å². The first-order valence-corrected chi connectivity index (χ1v) is 10.4. The molecule has 1 atom stereocenters. The van der Waals surface area contributed by atoms with Gasteiger partial charge in [-0.2, -0.15) is 0 Å². The number of carbonyl (C=O) groups is 5. The van der Waals surface area contributed by atoms with Crippen molar-refractivity contribution in [1.82, 2.24) is 9.80 Å². The number of hydrogen-bond acceptors (Lipinski definition) is 7. The number of carbonyl (C=O) groups excluding carboxylic acids is 1. The lowest BCUT2D eigenvalue weighted by atomic mass is 10.0. The van der Waals surface area contributed by atoms with E-state index in [1.165, 1.54) is 0 Å². The summed E-state index contributed by atoms with van der Waals surface area (Å²) in [5, 5.41) is 39.3. The highest BCUT2D eigenvalue weighted by molar-refractivity contribution is 9.09. The second kappa shape index (κ2) is 13.4. The predicted octanol–water partition coefficient (Wildman–Crippen LogP) is -0.126. The topological polar surface area (TPSA) is 185 Å². The van der Waals surface area contributed by atoms with Crippen molar-refractivity contribution in [2.75, 3.05) is 43.4 Å². The number of rotatable bonds is 15. The van der Waals surface area contributed by atoms with Crippen LogP contribution in [-0.2, 0) is 30.4 Å². The highest BCUT2D eigenvalue weighted by Gasteiger charge is 2.27. The van der Waals surface area contributed by atoms with Gasteiger partial charge in [-0.25, -0.2) is 0 Å². The normalized spacial score (nSPS) is 11.8. The zero-order valence-electron chi connectivity index (χ0n) is 16.9. The van der Waals surface area contributed by atoms with E-state index >= 15 is 0 Å². The number of alkyl halides is 1. The standard InChI is InChI=1S/C19H24BrN3O9/c20-6-15(24)21-13-3-1-12(2-4-13)5-14(23(10-18(29)30)11-19(31)32)7-22(8-16(25)26)9-17(27)28/h1-4,14H,5-11H2,(H,21,24)(H,25,26)(H,27,28)(H,29,30)(H,31,32). The minimum Gasteiger partial charge on any atom is -0.480 e. The lowest BCUT2D eigenvalue weighted by Gasteiger charge is -2.33. The number of hydrogen-bond donors (Lipinski definition) is 5. The van der Waals surface area contributed by atoms with E-state index in [4.69, 9.17) is 10.2 Å². The maximum Gasteiger partial charge on any atom is 0.317 e. The van der Waals surface area contributed by atoms with Crippen molar-refractivity contribution in [1.29, 1.82) is 0 Å². The van der Waals surface area contributed by atoms with Crippen LogP contribution in [0.2, 0.25) is 0 Å². The van der Waals surface area contributed by atoms with E-state index in [2.05, 4.69) is 21.2 Å². The molecule has 0 spiro atoms. The Morgan fingerprint density at radius 1 is 0.812 bits per heavy atom. The Labute approximate surface area is 191 Å². The summed E-state index contributed by atoms with van der Waals surface area (Å²) in [4.78, 5) is 58.5. The molecule has 0 aliphatic heterocycles. The summed E-state index contributed by atoms with van der Waals surface area (Å²) < 4.78 is 0. The second-order valence-electron chi connectivity index (χ2n) is 6.89. The zero-order valence-corrected chi connectivity index (χ0v) is 18.5. The number of halogens is 1. The van der Waals surface area contributed by atoms with Crippen LogP contribution in [0, 0.1) is 0 Å². The molecule has 0 saturated heterocycles. The highest BCUT2D eigenvalue weighted by atomic mass is 79.9. The molecule has 0 radical (unpaired) electrons. The molecule has 0 fully saturated rings. The molecule has 1 unspecified atom stereocenters. The molecule has 1 rings (SSSR count). The highest BCUT2D eigenvalue weighted by Crippen LogP contribution is 2.15. The number of amides is 1. The van der Waals surface area contributed by atoms with Crippen molar-refractivity contribution in [2.24, 2.45) is 0 Å². The molecule has 1 aromatic rings. The van der Waals surface area contributed by atoms with Gasteiger partial charge in [0.25, 0.3) is 0 Å². The average Bonchev–Trinajstić information content (AvgIpc) is 2.66. The van der Waals surface area contributed by atoms with Crippen molar-refractivity contribution in [2.45, 2.75) is 12.5 Å². The van der Waals surface area contributed by atoms with Gasteiger partial charge in [0.1, 0.15) is 0 Å². The molecular formula is C19H24BrN3O9. The monoisotopic (exact) mass is 517 g/mol. The Hall–Kier alpha value is -3.03. The first kappa shape index (κ1) is 27.0. The van der Waals surface area contributed by atoms with Gasteiger partial charge in [-0.05, 0) is 24.1 Å². The van der Waals surface area contributed by atoms with E-state index in [1.54, 1.807) is 24.3 Å². The van der Waals surface area contributed by atoms with Crippen LogP contribution in [0.5, 0.6) is 0 Å². The summed E-state index contributed by atoms with van der Waals surface area (Å²) in [6.07, 6.45) is 0.114. The smallest absolute Gasteiger partial charge is 0.317 e. The van der Waals surface area contributed by atoms with E-state index in [1.807, 2.05) is 0 Å². The molecule has 0 aliphatic carbocycles. The van der Waals surface area contributed by atoms with Gasteiger partial charge in [0.05, 0.1) is 31.5 Å². The Bertz CT molecular complexity index is 800. The lowest BCUT2D eigenvalue weighted by molar-refractivity contribution is -0.146. The molecule has 0 aliphatic rings. The van der Waals surface area contributed by atoms with E-state index < -0.39 is 56.1 Å². The van der Waals surface area contributed by atoms with Gasteiger partial charge in [-0.15, -0.1) is 0 Å². The lowest BCUT2D eigenvalue weighted by Crippen LogP contribution is -2.50. The van der Waals surface area contributed by atoms with Crippen LogP contribution < -0.4 is 5.32 Å². The number of anilines is 1.